The van der Waals surface area contributed by atoms with Gasteiger partial charge >= 0.3 is 0 Å². The molecule has 1 atom stereocenters. The van der Waals surface area contributed by atoms with E-state index in [9.17, 15) is 9.59 Å². The second-order valence-electron chi connectivity index (χ2n) is 9.02. The highest BCUT2D eigenvalue weighted by atomic mass is 16.2. The van der Waals surface area contributed by atoms with E-state index < -0.39 is 11.5 Å². The van der Waals surface area contributed by atoms with E-state index >= 15 is 0 Å². The summed E-state index contributed by atoms with van der Waals surface area (Å²) in [5, 5.41) is 2.77. The predicted octanol–water partition coefficient (Wildman–Crippen LogP) is 2.04. The fourth-order valence-electron chi connectivity index (χ4n) is 4.31. The zero-order valence-electron chi connectivity index (χ0n) is 17.7. The molecule has 7 nitrogen and oxygen atoms in total. The van der Waals surface area contributed by atoms with Gasteiger partial charge in [-0.2, -0.15) is 0 Å². The van der Waals surface area contributed by atoms with Gasteiger partial charge in [0.05, 0.1) is 12.0 Å². The summed E-state index contributed by atoms with van der Waals surface area (Å²) < 4.78 is 2.09. The van der Waals surface area contributed by atoms with Crippen LogP contribution in [0.15, 0.2) is 18.5 Å². The van der Waals surface area contributed by atoms with Crippen molar-refractivity contribution < 1.29 is 9.59 Å². The van der Waals surface area contributed by atoms with Crippen molar-refractivity contribution in [3.05, 3.63) is 29.9 Å². The Balaban J connectivity index is 2.03. The van der Waals surface area contributed by atoms with Crippen LogP contribution in [0.4, 0.5) is 0 Å². The molecule has 1 aliphatic carbocycles. The van der Waals surface area contributed by atoms with Gasteiger partial charge in [-0.3, -0.25) is 9.59 Å². The van der Waals surface area contributed by atoms with Crippen LogP contribution in [0.5, 0.6) is 0 Å². The van der Waals surface area contributed by atoms with E-state index in [1.54, 1.807) is 18.3 Å². The maximum Gasteiger partial charge on any atom is 0.275 e. The molecule has 28 heavy (non-hydrogen) atoms. The molecule has 0 unspecified atom stereocenters. The molecule has 0 fully saturated rings. The smallest absolute Gasteiger partial charge is 0.275 e. The molecule has 0 spiro atoms. The first-order valence-electron chi connectivity index (χ1n) is 10.2. The minimum absolute atomic E-state index is 0.0186. The summed E-state index contributed by atoms with van der Waals surface area (Å²) in [5.41, 5.74) is 1.04. The summed E-state index contributed by atoms with van der Waals surface area (Å²) in [6.07, 6.45) is 8.54. The summed E-state index contributed by atoms with van der Waals surface area (Å²) in [5.74, 6) is -0.267. The molecular formula is C21H33N5O2. The standard InChI is InChI=1S/C21H33N5O2/c1-21(2,3)18(19(27)22-4)26(15-9-6-7-10-15)20(28)17-16-13-24(5)11-8-12-25(16)14-23-17/h6-7,14-15,18H,8-13H2,1-5H3,(H,22,27)/t18-/m1/s1. The third-order valence-corrected chi connectivity index (χ3v) is 5.71. The Morgan fingerprint density at radius 1 is 1.25 bits per heavy atom. The Hall–Kier alpha value is -2.15. The third-order valence-electron chi connectivity index (χ3n) is 5.71. The van der Waals surface area contributed by atoms with Crippen LogP contribution in [0.2, 0.25) is 0 Å². The van der Waals surface area contributed by atoms with Crippen LogP contribution in [-0.4, -0.2) is 63.9 Å². The fraction of sp³-hybridized carbons (Fsp3) is 0.667. The van der Waals surface area contributed by atoms with E-state index in [1.807, 2.05) is 20.8 Å². The minimum atomic E-state index is -0.559. The molecule has 1 aromatic rings. The number of hydrogen-bond acceptors (Lipinski definition) is 4. The molecular weight excluding hydrogens is 354 g/mol. The highest BCUT2D eigenvalue weighted by molar-refractivity contribution is 5.97. The van der Waals surface area contributed by atoms with Crippen molar-refractivity contribution in [1.82, 2.24) is 24.7 Å². The van der Waals surface area contributed by atoms with E-state index in [0.717, 1.165) is 38.0 Å². The van der Waals surface area contributed by atoms with Crippen molar-refractivity contribution >= 4 is 11.8 Å². The van der Waals surface area contributed by atoms with Crippen molar-refractivity contribution in [1.29, 1.82) is 0 Å². The molecule has 2 heterocycles. The fourth-order valence-corrected chi connectivity index (χ4v) is 4.31. The van der Waals surface area contributed by atoms with E-state index in [0.29, 0.717) is 12.2 Å². The number of rotatable bonds is 4. The number of hydrogen-bond donors (Lipinski definition) is 1. The lowest BCUT2D eigenvalue weighted by atomic mass is 9.83. The van der Waals surface area contributed by atoms with Crippen molar-refractivity contribution in [2.45, 2.75) is 65.2 Å². The van der Waals surface area contributed by atoms with E-state index in [1.165, 1.54) is 0 Å². The second kappa shape index (κ2) is 8.07. The van der Waals surface area contributed by atoms with Gasteiger partial charge < -0.3 is 19.7 Å². The molecule has 3 rings (SSSR count). The van der Waals surface area contributed by atoms with Gasteiger partial charge in [-0.25, -0.2) is 4.98 Å². The number of nitrogens with one attached hydrogen (secondary N) is 1. The second-order valence-corrected chi connectivity index (χ2v) is 9.02. The Morgan fingerprint density at radius 2 is 1.93 bits per heavy atom. The number of carbonyl (C=O) groups is 2. The topological polar surface area (TPSA) is 70.5 Å². The van der Waals surface area contributed by atoms with Gasteiger partial charge in [0.1, 0.15) is 6.04 Å². The number of imidazole rings is 1. The minimum Gasteiger partial charge on any atom is -0.357 e. The third kappa shape index (κ3) is 3.99. The van der Waals surface area contributed by atoms with Gasteiger partial charge in [-0.05, 0) is 38.3 Å². The summed E-state index contributed by atoms with van der Waals surface area (Å²) in [4.78, 5) is 35.2. The van der Waals surface area contributed by atoms with Gasteiger partial charge in [0, 0.05) is 26.2 Å². The molecule has 1 aromatic heterocycles. The Kier molecular flexibility index (Phi) is 5.93. The van der Waals surface area contributed by atoms with Crippen LogP contribution >= 0.6 is 0 Å². The number of fused-ring (bicyclic) bond motifs is 1. The van der Waals surface area contributed by atoms with Gasteiger partial charge in [0.25, 0.3) is 5.91 Å². The number of aryl methyl sites for hydroxylation is 1. The summed E-state index contributed by atoms with van der Waals surface area (Å²) in [6.45, 7) is 8.58. The largest absolute Gasteiger partial charge is 0.357 e. The normalized spacial score (nSPS) is 19.2. The summed E-state index contributed by atoms with van der Waals surface area (Å²) in [6, 6.07) is -0.578. The summed E-state index contributed by atoms with van der Waals surface area (Å²) >= 11 is 0. The van der Waals surface area contributed by atoms with E-state index in [-0.39, 0.29) is 17.9 Å². The number of amides is 2. The molecule has 2 amide bonds. The average Bonchev–Trinajstić information content (AvgIpc) is 3.24. The molecule has 154 valence electrons. The number of aromatic nitrogens is 2. The van der Waals surface area contributed by atoms with Gasteiger partial charge in [0.15, 0.2) is 5.69 Å². The lowest BCUT2D eigenvalue weighted by molar-refractivity contribution is -0.129. The van der Waals surface area contributed by atoms with Crippen molar-refractivity contribution in [2.75, 3.05) is 20.6 Å². The molecule has 0 saturated carbocycles. The first kappa shape index (κ1) is 20.6. The van der Waals surface area contributed by atoms with Gasteiger partial charge in [0.2, 0.25) is 5.91 Å². The zero-order chi connectivity index (χ0) is 20.5. The summed E-state index contributed by atoms with van der Waals surface area (Å²) in [7, 11) is 3.70. The van der Waals surface area contributed by atoms with Gasteiger partial charge in [-0.1, -0.05) is 32.9 Å². The lowest BCUT2D eigenvalue weighted by Gasteiger charge is -2.42. The average molecular weight is 388 g/mol. The van der Waals surface area contributed by atoms with Gasteiger partial charge in [-0.15, -0.1) is 0 Å². The molecule has 7 heteroatoms. The van der Waals surface area contributed by atoms with Crippen LogP contribution in [0.3, 0.4) is 0 Å². The molecule has 2 aliphatic rings. The Bertz CT molecular complexity index is 753. The predicted molar refractivity (Wildman–Crippen MR) is 109 cm³/mol. The van der Waals surface area contributed by atoms with Crippen LogP contribution in [0.1, 0.15) is 56.2 Å². The van der Waals surface area contributed by atoms with Crippen LogP contribution in [0.25, 0.3) is 0 Å². The van der Waals surface area contributed by atoms with E-state index in [2.05, 4.69) is 39.0 Å². The molecule has 1 N–H and O–H groups in total. The first-order chi connectivity index (χ1) is 13.2. The number of likely N-dealkylation sites (N-methyl/N-ethyl adjacent to an activating group) is 1. The SMILES string of the molecule is CNC(=O)[C@@H](N(C(=O)c1ncn2c1CN(C)CCC2)C1CC=CC1)C(C)(C)C. The Labute approximate surface area is 167 Å². The monoisotopic (exact) mass is 387 g/mol. The molecule has 0 saturated heterocycles. The molecule has 0 bridgehead atoms. The highest BCUT2D eigenvalue weighted by Gasteiger charge is 2.43. The first-order valence-corrected chi connectivity index (χ1v) is 10.2. The van der Waals surface area contributed by atoms with Crippen LogP contribution in [-0.2, 0) is 17.9 Å². The maximum absolute atomic E-state index is 13.8. The lowest BCUT2D eigenvalue weighted by Crippen LogP contribution is -2.58. The molecule has 0 radical (unpaired) electrons. The molecule has 1 aliphatic heterocycles. The van der Waals surface area contributed by atoms with Crippen LogP contribution in [0, 0.1) is 5.41 Å². The number of nitrogens with zero attached hydrogens (tertiary/aromatic N) is 4. The quantitative estimate of drug-likeness (QED) is 0.803. The highest BCUT2D eigenvalue weighted by Crippen LogP contribution is 2.32. The van der Waals surface area contributed by atoms with Crippen molar-refractivity contribution in [3.8, 4) is 0 Å². The maximum atomic E-state index is 13.8. The number of carbonyl (C=O) groups excluding carboxylic acids is 2. The zero-order valence-corrected chi connectivity index (χ0v) is 17.7. The van der Waals surface area contributed by atoms with E-state index in [4.69, 9.17) is 0 Å². The van der Waals surface area contributed by atoms with Crippen molar-refractivity contribution in [2.24, 2.45) is 5.41 Å². The van der Waals surface area contributed by atoms with Crippen LogP contribution < -0.4 is 5.32 Å². The molecule has 0 aromatic carbocycles. The Morgan fingerprint density at radius 3 is 2.54 bits per heavy atom. The van der Waals surface area contributed by atoms with Crippen molar-refractivity contribution in [3.63, 3.8) is 0 Å².